The molecule has 0 nitrogen and oxygen atoms in total. The van der Waals surface area contributed by atoms with Gasteiger partial charge in [-0.15, -0.1) is 0 Å². The fraction of sp³-hybridized carbons (Fsp3) is 0.188. The molecular formula is C32H28. The molecule has 0 radical (unpaired) electrons. The lowest BCUT2D eigenvalue weighted by Gasteiger charge is -2.29. The molecule has 0 heterocycles. The van der Waals surface area contributed by atoms with E-state index in [9.17, 15) is 0 Å². The van der Waals surface area contributed by atoms with E-state index in [1.165, 1.54) is 67.8 Å². The van der Waals surface area contributed by atoms with Crippen LogP contribution >= 0.6 is 0 Å². The Morgan fingerprint density at radius 1 is 0.469 bits per heavy atom. The van der Waals surface area contributed by atoms with E-state index in [0.29, 0.717) is 0 Å². The van der Waals surface area contributed by atoms with Crippen molar-refractivity contribution in [1.29, 1.82) is 0 Å². The van der Waals surface area contributed by atoms with Crippen LogP contribution in [0.3, 0.4) is 0 Å². The lowest BCUT2D eigenvalue weighted by Crippen LogP contribution is -2.20. The van der Waals surface area contributed by atoms with E-state index >= 15 is 0 Å². The van der Waals surface area contributed by atoms with Gasteiger partial charge in [0.05, 0.1) is 0 Å². The summed E-state index contributed by atoms with van der Waals surface area (Å²) in [7, 11) is 0. The Balaban J connectivity index is 1.80. The number of benzene rings is 5. The summed E-state index contributed by atoms with van der Waals surface area (Å²) in [6, 6.07) is 35.9. The third kappa shape index (κ3) is 3.06. The Morgan fingerprint density at radius 3 is 1.25 bits per heavy atom. The topological polar surface area (TPSA) is 0 Å². The van der Waals surface area contributed by atoms with Crippen molar-refractivity contribution in [3.63, 3.8) is 0 Å². The van der Waals surface area contributed by atoms with Crippen molar-refractivity contribution in [3.8, 4) is 22.3 Å². The maximum Gasteiger partial charge on any atom is -0.00263 e. The van der Waals surface area contributed by atoms with Gasteiger partial charge in [-0.25, -0.2) is 0 Å². The molecule has 5 aromatic carbocycles. The van der Waals surface area contributed by atoms with Crippen LogP contribution in [0.15, 0.2) is 97.1 Å². The Hall–Kier alpha value is -3.38. The SMILES string of the molecule is CC1Cc2cc3c(-c4ccccc4)c4ccccc4c(-c4ccccc4)c3cc2CC1C. The summed E-state index contributed by atoms with van der Waals surface area (Å²) in [6.45, 7) is 4.82. The summed E-state index contributed by atoms with van der Waals surface area (Å²) >= 11 is 0. The van der Waals surface area contributed by atoms with Gasteiger partial charge in [0, 0.05) is 0 Å². The quantitative estimate of drug-likeness (QED) is 0.254. The highest BCUT2D eigenvalue weighted by molar-refractivity contribution is 6.21. The smallest absolute Gasteiger partial charge is 0.00263 e. The minimum Gasteiger partial charge on any atom is -0.0622 e. The second kappa shape index (κ2) is 7.64. The summed E-state index contributed by atoms with van der Waals surface area (Å²) in [6.07, 6.45) is 2.35. The number of hydrogen-bond acceptors (Lipinski definition) is 0. The van der Waals surface area contributed by atoms with E-state index < -0.39 is 0 Å². The second-order valence-corrected chi connectivity index (χ2v) is 9.56. The highest BCUT2D eigenvalue weighted by atomic mass is 14.3. The monoisotopic (exact) mass is 412 g/mol. The highest BCUT2D eigenvalue weighted by Crippen LogP contribution is 2.45. The normalized spacial score (nSPS) is 18.1. The van der Waals surface area contributed by atoms with Crippen LogP contribution in [0, 0.1) is 11.8 Å². The van der Waals surface area contributed by atoms with Crippen LogP contribution < -0.4 is 0 Å². The van der Waals surface area contributed by atoms with Crippen molar-refractivity contribution < 1.29 is 0 Å². The van der Waals surface area contributed by atoms with Gasteiger partial charge in [0.15, 0.2) is 0 Å². The van der Waals surface area contributed by atoms with E-state index in [1.807, 2.05) is 0 Å². The predicted molar refractivity (Wildman–Crippen MR) is 138 cm³/mol. The van der Waals surface area contributed by atoms with Crippen molar-refractivity contribution in [2.75, 3.05) is 0 Å². The molecule has 2 atom stereocenters. The third-order valence-electron chi connectivity index (χ3n) is 7.52. The van der Waals surface area contributed by atoms with Gasteiger partial charge in [0.25, 0.3) is 0 Å². The maximum absolute atomic E-state index is 2.52. The van der Waals surface area contributed by atoms with Crippen LogP contribution in [0.2, 0.25) is 0 Å². The molecule has 156 valence electrons. The van der Waals surface area contributed by atoms with Crippen molar-refractivity contribution in [3.05, 3.63) is 108 Å². The van der Waals surface area contributed by atoms with Gasteiger partial charge in [-0.1, -0.05) is 111 Å². The van der Waals surface area contributed by atoms with Crippen LogP contribution in [-0.2, 0) is 12.8 Å². The van der Waals surface area contributed by atoms with Crippen molar-refractivity contribution in [1.82, 2.24) is 0 Å². The van der Waals surface area contributed by atoms with Crippen LogP contribution in [0.1, 0.15) is 25.0 Å². The molecule has 0 spiro atoms. The minimum atomic E-state index is 0.731. The van der Waals surface area contributed by atoms with E-state index in [0.717, 1.165) is 11.8 Å². The first-order chi connectivity index (χ1) is 15.7. The molecule has 1 aliphatic rings. The summed E-state index contributed by atoms with van der Waals surface area (Å²) in [5.41, 5.74) is 8.40. The molecule has 0 N–H and O–H groups in total. The summed E-state index contributed by atoms with van der Waals surface area (Å²) < 4.78 is 0. The first kappa shape index (κ1) is 19.3. The molecule has 32 heavy (non-hydrogen) atoms. The molecule has 0 fully saturated rings. The van der Waals surface area contributed by atoms with Gasteiger partial charge in [-0.05, 0) is 79.6 Å². The van der Waals surface area contributed by atoms with E-state index in [2.05, 4.69) is 111 Å². The van der Waals surface area contributed by atoms with E-state index in [1.54, 1.807) is 0 Å². The average molecular weight is 413 g/mol. The zero-order valence-electron chi connectivity index (χ0n) is 18.8. The Labute approximate surface area is 190 Å². The van der Waals surface area contributed by atoms with Crippen molar-refractivity contribution >= 4 is 21.5 Å². The average Bonchev–Trinajstić information content (AvgIpc) is 2.83. The van der Waals surface area contributed by atoms with Gasteiger partial charge in [0.2, 0.25) is 0 Å². The zero-order chi connectivity index (χ0) is 21.7. The molecule has 2 unspecified atom stereocenters. The van der Waals surface area contributed by atoms with Crippen molar-refractivity contribution in [2.24, 2.45) is 11.8 Å². The Morgan fingerprint density at radius 2 is 0.844 bits per heavy atom. The molecule has 1 aliphatic carbocycles. The van der Waals surface area contributed by atoms with E-state index in [4.69, 9.17) is 0 Å². The third-order valence-corrected chi connectivity index (χ3v) is 7.52. The molecule has 0 saturated carbocycles. The van der Waals surface area contributed by atoms with Gasteiger partial charge in [-0.3, -0.25) is 0 Å². The van der Waals surface area contributed by atoms with E-state index in [-0.39, 0.29) is 0 Å². The first-order valence-electron chi connectivity index (χ1n) is 11.8. The molecular weight excluding hydrogens is 384 g/mol. The zero-order valence-corrected chi connectivity index (χ0v) is 18.8. The summed E-state index contributed by atoms with van der Waals surface area (Å²) in [5, 5.41) is 5.44. The predicted octanol–water partition coefficient (Wildman–Crippen LogP) is 8.70. The lowest BCUT2D eigenvalue weighted by atomic mass is 9.75. The van der Waals surface area contributed by atoms with Crippen LogP contribution in [0.25, 0.3) is 43.8 Å². The highest BCUT2D eigenvalue weighted by Gasteiger charge is 2.24. The number of hydrogen-bond donors (Lipinski definition) is 0. The fourth-order valence-corrected chi connectivity index (χ4v) is 5.62. The second-order valence-electron chi connectivity index (χ2n) is 9.56. The number of fused-ring (bicyclic) bond motifs is 3. The Kier molecular flexibility index (Phi) is 4.61. The van der Waals surface area contributed by atoms with Crippen LogP contribution in [0.4, 0.5) is 0 Å². The van der Waals surface area contributed by atoms with Crippen LogP contribution in [0.5, 0.6) is 0 Å². The molecule has 0 heteroatoms. The summed E-state index contributed by atoms with van der Waals surface area (Å²) in [4.78, 5) is 0. The molecule has 0 bridgehead atoms. The largest absolute Gasteiger partial charge is 0.0622 e. The first-order valence-corrected chi connectivity index (χ1v) is 11.8. The Bertz CT molecular complexity index is 1320. The standard InChI is InChI=1S/C32H28/c1-21-17-25-19-29-30(20-26(25)18-22(21)2)32(24-13-7-4-8-14-24)28-16-10-9-15-27(28)31(29)23-11-5-3-6-12-23/h3-16,19-22H,17-18H2,1-2H3. The molecule has 0 amide bonds. The summed E-state index contributed by atoms with van der Waals surface area (Å²) in [5.74, 6) is 1.46. The molecule has 0 aliphatic heterocycles. The van der Waals surface area contributed by atoms with Gasteiger partial charge >= 0.3 is 0 Å². The molecule has 0 saturated heterocycles. The lowest BCUT2D eigenvalue weighted by molar-refractivity contribution is 0.361. The molecule has 6 rings (SSSR count). The minimum absolute atomic E-state index is 0.731. The molecule has 0 aromatic heterocycles. The van der Waals surface area contributed by atoms with Crippen molar-refractivity contribution in [2.45, 2.75) is 26.7 Å². The van der Waals surface area contributed by atoms with Crippen LogP contribution in [-0.4, -0.2) is 0 Å². The maximum atomic E-state index is 2.52. The fourth-order valence-electron chi connectivity index (χ4n) is 5.62. The van der Waals surface area contributed by atoms with Gasteiger partial charge in [-0.2, -0.15) is 0 Å². The number of rotatable bonds is 2. The van der Waals surface area contributed by atoms with Gasteiger partial charge < -0.3 is 0 Å². The van der Waals surface area contributed by atoms with Gasteiger partial charge in [0.1, 0.15) is 0 Å². The molecule has 5 aromatic rings.